The third-order valence-electron chi connectivity index (χ3n) is 4.68. The first kappa shape index (κ1) is 17.0. The van der Waals surface area contributed by atoms with Crippen molar-refractivity contribution in [2.75, 3.05) is 32.8 Å². The number of piperazine rings is 1. The van der Waals surface area contributed by atoms with Gasteiger partial charge in [0.15, 0.2) is 0 Å². The van der Waals surface area contributed by atoms with Gasteiger partial charge in [0.1, 0.15) is 5.58 Å². The number of ether oxygens (including phenoxy) is 1. The van der Waals surface area contributed by atoms with Crippen molar-refractivity contribution in [3.63, 3.8) is 0 Å². The van der Waals surface area contributed by atoms with E-state index in [9.17, 15) is 4.79 Å². The van der Waals surface area contributed by atoms with E-state index in [0.29, 0.717) is 18.4 Å². The molecule has 0 radical (unpaired) electrons. The average molecular weight is 330 g/mol. The first-order chi connectivity index (χ1) is 11.6. The summed E-state index contributed by atoms with van der Waals surface area (Å²) >= 11 is 0. The molecule has 2 heterocycles. The van der Waals surface area contributed by atoms with Gasteiger partial charge in [-0.2, -0.15) is 0 Å². The smallest absolute Gasteiger partial charge is 0.374 e. The van der Waals surface area contributed by atoms with Crippen LogP contribution < -0.4 is 0 Å². The van der Waals surface area contributed by atoms with E-state index in [1.54, 1.807) is 0 Å². The van der Waals surface area contributed by atoms with Gasteiger partial charge in [0.2, 0.25) is 5.76 Å². The maximum Gasteiger partial charge on any atom is 0.374 e. The second-order valence-corrected chi connectivity index (χ2v) is 6.53. The molecular weight excluding hydrogens is 304 g/mol. The van der Waals surface area contributed by atoms with E-state index in [1.807, 2.05) is 31.2 Å². The van der Waals surface area contributed by atoms with Crippen molar-refractivity contribution >= 4 is 16.9 Å². The Morgan fingerprint density at radius 2 is 1.92 bits per heavy atom. The van der Waals surface area contributed by atoms with Crippen molar-refractivity contribution in [3.8, 4) is 0 Å². The highest BCUT2D eigenvalue weighted by Crippen LogP contribution is 2.28. The van der Waals surface area contributed by atoms with Crippen LogP contribution in [0.3, 0.4) is 0 Å². The van der Waals surface area contributed by atoms with E-state index in [2.05, 4.69) is 23.6 Å². The van der Waals surface area contributed by atoms with Gasteiger partial charge in [-0.05, 0) is 26.8 Å². The van der Waals surface area contributed by atoms with Crippen LogP contribution in [0.2, 0.25) is 0 Å². The normalized spacial score (nSPS) is 16.8. The van der Waals surface area contributed by atoms with E-state index in [1.165, 1.54) is 0 Å². The van der Waals surface area contributed by atoms with Gasteiger partial charge in [-0.25, -0.2) is 4.79 Å². The third-order valence-corrected chi connectivity index (χ3v) is 4.68. The summed E-state index contributed by atoms with van der Waals surface area (Å²) < 4.78 is 11.0. The molecule has 1 aromatic carbocycles. The minimum atomic E-state index is -0.371. The summed E-state index contributed by atoms with van der Waals surface area (Å²) in [7, 11) is 0. The summed E-state index contributed by atoms with van der Waals surface area (Å²) in [5.41, 5.74) is 1.69. The molecule has 5 heteroatoms. The monoisotopic (exact) mass is 330 g/mol. The number of esters is 1. The van der Waals surface area contributed by atoms with Crippen LogP contribution in [0.4, 0.5) is 0 Å². The van der Waals surface area contributed by atoms with E-state index in [-0.39, 0.29) is 5.97 Å². The molecule has 0 amide bonds. The van der Waals surface area contributed by atoms with Gasteiger partial charge >= 0.3 is 5.97 Å². The molecule has 5 nitrogen and oxygen atoms in total. The Kier molecular flexibility index (Phi) is 5.21. The number of carbonyl (C=O) groups is 1. The Balaban J connectivity index is 1.83. The Morgan fingerprint density at radius 1 is 1.21 bits per heavy atom. The molecule has 0 saturated carbocycles. The molecule has 1 aliphatic rings. The van der Waals surface area contributed by atoms with Crippen LogP contribution in [0.1, 0.15) is 36.9 Å². The van der Waals surface area contributed by atoms with Gasteiger partial charge < -0.3 is 9.15 Å². The molecule has 0 unspecified atom stereocenters. The topological polar surface area (TPSA) is 45.9 Å². The van der Waals surface area contributed by atoms with Crippen LogP contribution in [-0.2, 0) is 11.3 Å². The van der Waals surface area contributed by atoms with Crippen molar-refractivity contribution < 1.29 is 13.9 Å². The zero-order valence-corrected chi connectivity index (χ0v) is 14.7. The Hall–Kier alpha value is -1.85. The molecule has 0 atom stereocenters. The van der Waals surface area contributed by atoms with Gasteiger partial charge in [0.05, 0.1) is 6.61 Å². The minimum Gasteiger partial charge on any atom is -0.460 e. The molecule has 1 aromatic heterocycles. The minimum absolute atomic E-state index is 0.350. The molecule has 2 aromatic rings. The van der Waals surface area contributed by atoms with Gasteiger partial charge in [-0.1, -0.05) is 18.2 Å². The number of rotatable bonds is 5. The maximum atomic E-state index is 12.3. The largest absolute Gasteiger partial charge is 0.460 e. The predicted octanol–water partition coefficient (Wildman–Crippen LogP) is 3.14. The predicted molar refractivity (Wildman–Crippen MR) is 94.2 cm³/mol. The fraction of sp³-hybridized carbons (Fsp3) is 0.526. The molecular formula is C19H26N2O3. The Labute approximate surface area is 143 Å². The highest BCUT2D eigenvalue weighted by molar-refractivity contribution is 5.96. The standard InChI is InChI=1S/C19H26N2O3/c1-4-23-19(22)18-16(15-7-5-6-8-17(15)24-18)13-20-9-11-21(12-10-20)14(2)3/h5-8,14H,4,9-13H2,1-3H3. The highest BCUT2D eigenvalue weighted by atomic mass is 16.5. The van der Waals surface area contributed by atoms with E-state index < -0.39 is 0 Å². The Morgan fingerprint density at radius 3 is 2.58 bits per heavy atom. The number of hydrogen-bond acceptors (Lipinski definition) is 5. The molecule has 0 N–H and O–H groups in total. The number of fused-ring (bicyclic) bond motifs is 1. The molecule has 3 rings (SSSR count). The molecule has 1 aliphatic heterocycles. The van der Waals surface area contributed by atoms with Gasteiger partial charge in [0, 0.05) is 49.7 Å². The van der Waals surface area contributed by atoms with Crippen LogP contribution in [-0.4, -0.2) is 54.6 Å². The van der Waals surface area contributed by atoms with E-state index in [0.717, 1.165) is 49.3 Å². The molecule has 0 bridgehead atoms. The number of carbonyl (C=O) groups excluding carboxylic acids is 1. The lowest BCUT2D eigenvalue weighted by Crippen LogP contribution is -2.48. The summed E-state index contributed by atoms with van der Waals surface area (Å²) in [5, 5.41) is 1.01. The summed E-state index contributed by atoms with van der Waals surface area (Å²) in [6, 6.07) is 8.40. The molecule has 1 saturated heterocycles. The second-order valence-electron chi connectivity index (χ2n) is 6.53. The highest BCUT2D eigenvalue weighted by Gasteiger charge is 2.25. The summed E-state index contributed by atoms with van der Waals surface area (Å²) in [5.74, 6) is -0.0196. The van der Waals surface area contributed by atoms with Crippen molar-refractivity contribution in [1.82, 2.24) is 9.80 Å². The SMILES string of the molecule is CCOC(=O)c1oc2ccccc2c1CN1CCN(C(C)C)CC1. The van der Waals surface area contributed by atoms with Crippen LogP contribution in [0.25, 0.3) is 11.0 Å². The third kappa shape index (κ3) is 3.47. The second kappa shape index (κ2) is 7.36. The van der Waals surface area contributed by atoms with Crippen LogP contribution in [0, 0.1) is 0 Å². The zero-order valence-electron chi connectivity index (χ0n) is 14.7. The fourth-order valence-corrected chi connectivity index (χ4v) is 3.28. The van der Waals surface area contributed by atoms with Crippen molar-refractivity contribution in [2.45, 2.75) is 33.4 Å². The lowest BCUT2D eigenvalue weighted by Gasteiger charge is -2.36. The van der Waals surface area contributed by atoms with Crippen LogP contribution in [0.15, 0.2) is 28.7 Å². The molecule has 0 aliphatic carbocycles. The fourth-order valence-electron chi connectivity index (χ4n) is 3.28. The number of nitrogens with zero attached hydrogens (tertiary/aromatic N) is 2. The van der Waals surface area contributed by atoms with Gasteiger partial charge in [0.25, 0.3) is 0 Å². The van der Waals surface area contributed by atoms with E-state index >= 15 is 0 Å². The van der Waals surface area contributed by atoms with Gasteiger partial charge in [-0.3, -0.25) is 9.80 Å². The summed E-state index contributed by atoms with van der Waals surface area (Å²) in [4.78, 5) is 17.1. The molecule has 0 spiro atoms. The number of para-hydroxylation sites is 1. The van der Waals surface area contributed by atoms with Crippen LogP contribution >= 0.6 is 0 Å². The quantitative estimate of drug-likeness (QED) is 0.788. The van der Waals surface area contributed by atoms with Crippen molar-refractivity contribution in [1.29, 1.82) is 0 Å². The molecule has 1 fully saturated rings. The summed E-state index contributed by atoms with van der Waals surface area (Å²) in [6.45, 7) is 11.5. The maximum absolute atomic E-state index is 12.3. The number of benzene rings is 1. The van der Waals surface area contributed by atoms with Crippen molar-refractivity contribution in [2.24, 2.45) is 0 Å². The number of hydrogen-bond donors (Lipinski definition) is 0. The lowest BCUT2D eigenvalue weighted by molar-refractivity contribution is 0.0487. The first-order valence-corrected chi connectivity index (χ1v) is 8.74. The first-order valence-electron chi connectivity index (χ1n) is 8.74. The Bertz CT molecular complexity index is 700. The zero-order chi connectivity index (χ0) is 17.1. The molecule has 24 heavy (non-hydrogen) atoms. The lowest BCUT2D eigenvalue weighted by atomic mass is 10.1. The average Bonchev–Trinajstić information content (AvgIpc) is 2.94. The molecule has 130 valence electrons. The van der Waals surface area contributed by atoms with Crippen LogP contribution in [0.5, 0.6) is 0 Å². The van der Waals surface area contributed by atoms with E-state index in [4.69, 9.17) is 9.15 Å². The van der Waals surface area contributed by atoms with Gasteiger partial charge in [-0.15, -0.1) is 0 Å². The summed E-state index contributed by atoms with van der Waals surface area (Å²) in [6.07, 6.45) is 0. The number of furan rings is 1. The van der Waals surface area contributed by atoms with Crippen molar-refractivity contribution in [3.05, 3.63) is 35.6 Å².